The largest absolute Gasteiger partial charge is 0.459 e. The molecule has 3 aliphatic heterocycles. The lowest BCUT2D eigenvalue weighted by Gasteiger charge is -2.47. The molecule has 2 bridgehead atoms. The van der Waals surface area contributed by atoms with Crippen molar-refractivity contribution in [1.82, 2.24) is 20.4 Å². The molecule has 0 aliphatic carbocycles. The van der Waals surface area contributed by atoms with Crippen LogP contribution in [0, 0.1) is 0 Å². The maximum atomic E-state index is 5.95. The van der Waals surface area contributed by atoms with Crippen LogP contribution >= 0.6 is 24.0 Å². The summed E-state index contributed by atoms with van der Waals surface area (Å²) < 4.78 is 5.95. The van der Waals surface area contributed by atoms with Crippen LogP contribution < -0.4 is 10.6 Å². The molecule has 4 heterocycles. The van der Waals surface area contributed by atoms with E-state index in [4.69, 9.17) is 4.42 Å². The molecule has 7 heteroatoms. The van der Waals surface area contributed by atoms with E-state index in [9.17, 15) is 0 Å². The number of nitrogens with one attached hydrogen (secondary N) is 2. The molecule has 2 atom stereocenters. The third-order valence-corrected chi connectivity index (χ3v) is 5.35. The summed E-state index contributed by atoms with van der Waals surface area (Å²) >= 11 is 0. The average molecular weight is 469 g/mol. The Hall–Kier alpha value is -1.32. The van der Waals surface area contributed by atoms with Crippen molar-refractivity contribution in [3.63, 3.8) is 0 Å². The quantitative estimate of drug-likeness (QED) is 0.409. The number of hydrogen-bond donors (Lipinski definition) is 2. The molecule has 0 spiro atoms. The van der Waals surface area contributed by atoms with Crippen molar-refractivity contribution in [2.45, 2.75) is 19.0 Å². The predicted molar refractivity (Wildman–Crippen MR) is 116 cm³/mol. The first-order chi connectivity index (χ1) is 12.2. The van der Waals surface area contributed by atoms with Crippen molar-refractivity contribution in [3.8, 4) is 0 Å². The highest BCUT2D eigenvalue weighted by atomic mass is 127. The van der Waals surface area contributed by atoms with Crippen molar-refractivity contribution < 1.29 is 4.42 Å². The number of rotatable bonds is 4. The summed E-state index contributed by atoms with van der Waals surface area (Å²) in [7, 11) is 1.82. The van der Waals surface area contributed by atoms with E-state index in [-0.39, 0.29) is 30.0 Å². The number of halogens is 1. The van der Waals surface area contributed by atoms with E-state index in [2.05, 4.69) is 44.5 Å². The molecule has 5 rings (SSSR count). The van der Waals surface area contributed by atoms with Crippen LogP contribution in [0.2, 0.25) is 0 Å². The summed E-state index contributed by atoms with van der Waals surface area (Å²) in [6, 6.07) is 10.8. The van der Waals surface area contributed by atoms with E-state index in [1.165, 1.54) is 26.2 Å². The summed E-state index contributed by atoms with van der Waals surface area (Å²) in [4.78, 5) is 9.52. The molecule has 2 N–H and O–H groups in total. The Labute approximate surface area is 172 Å². The fourth-order valence-corrected chi connectivity index (χ4v) is 3.82. The lowest BCUT2D eigenvalue weighted by Crippen LogP contribution is -2.63. The van der Waals surface area contributed by atoms with Gasteiger partial charge in [-0.05, 0) is 19.1 Å². The zero-order valence-corrected chi connectivity index (χ0v) is 17.8. The normalized spacial score (nSPS) is 26.4. The molecule has 2 unspecified atom stereocenters. The topological polar surface area (TPSA) is 56.0 Å². The zero-order valence-electron chi connectivity index (χ0n) is 15.4. The van der Waals surface area contributed by atoms with Crippen LogP contribution in [0.3, 0.4) is 0 Å². The average Bonchev–Trinajstić information content (AvgIpc) is 3.10. The second-order valence-electron chi connectivity index (χ2n) is 7.00. The van der Waals surface area contributed by atoms with E-state index in [0.29, 0.717) is 6.04 Å². The molecule has 2 aromatic rings. The summed E-state index contributed by atoms with van der Waals surface area (Å²) in [5.41, 5.74) is 0.925. The summed E-state index contributed by atoms with van der Waals surface area (Å²) in [6.45, 7) is 8.98. The molecule has 142 valence electrons. The monoisotopic (exact) mass is 469 g/mol. The molecule has 26 heavy (non-hydrogen) atoms. The molecule has 6 nitrogen and oxygen atoms in total. The minimum atomic E-state index is 0. The second kappa shape index (κ2) is 8.58. The highest BCUT2D eigenvalue weighted by Crippen LogP contribution is 2.23. The molecular weight excluding hydrogens is 441 g/mol. The van der Waals surface area contributed by atoms with Gasteiger partial charge in [-0.3, -0.25) is 14.8 Å². The molecular formula is C19H28IN5O. The Morgan fingerprint density at radius 3 is 2.69 bits per heavy atom. The van der Waals surface area contributed by atoms with Gasteiger partial charge < -0.3 is 15.1 Å². The number of hydrogen-bond acceptors (Lipinski definition) is 4. The van der Waals surface area contributed by atoms with E-state index >= 15 is 0 Å². The van der Waals surface area contributed by atoms with Gasteiger partial charge >= 0.3 is 0 Å². The molecule has 0 radical (unpaired) electrons. The van der Waals surface area contributed by atoms with Gasteiger partial charge in [-0.1, -0.05) is 18.2 Å². The minimum absolute atomic E-state index is 0. The van der Waals surface area contributed by atoms with Gasteiger partial charge in [0.1, 0.15) is 11.3 Å². The van der Waals surface area contributed by atoms with E-state index in [1.54, 1.807) is 0 Å². The number of benzene rings is 1. The maximum Gasteiger partial charge on any atom is 0.191 e. The number of guanidine groups is 1. The third-order valence-electron chi connectivity index (χ3n) is 5.35. The van der Waals surface area contributed by atoms with Gasteiger partial charge in [0, 0.05) is 57.7 Å². The third kappa shape index (κ3) is 4.15. The van der Waals surface area contributed by atoms with Gasteiger partial charge in [-0.25, -0.2) is 0 Å². The van der Waals surface area contributed by atoms with Crippen LogP contribution in [0.25, 0.3) is 11.0 Å². The number of nitrogens with zero attached hydrogens (tertiary/aromatic N) is 3. The molecule has 3 fully saturated rings. The lowest BCUT2D eigenvalue weighted by molar-refractivity contribution is 0.0154. The Kier molecular flexibility index (Phi) is 6.42. The van der Waals surface area contributed by atoms with E-state index in [1.807, 2.05) is 25.2 Å². The van der Waals surface area contributed by atoms with Crippen LogP contribution in [0.1, 0.15) is 18.7 Å². The lowest BCUT2D eigenvalue weighted by atomic mass is 10.1. The number of piperazine rings is 3. The molecule has 0 amide bonds. The van der Waals surface area contributed by atoms with Gasteiger partial charge in [0.05, 0.1) is 6.04 Å². The SMILES string of the molecule is CN=C(NCC1CN2CCN1CC2)NC(C)c1cc2ccccc2o1.I. The fraction of sp³-hybridized carbons (Fsp3) is 0.526. The van der Waals surface area contributed by atoms with Gasteiger partial charge in [-0.2, -0.15) is 0 Å². The first kappa shape index (κ1) is 19.4. The molecule has 3 saturated heterocycles. The first-order valence-electron chi connectivity index (χ1n) is 9.15. The van der Waals surface area contributed by atoms with Crippen molar-refractivity contribution in [3.05, 3.63) is 36.1 Å². The molecule has 0 saturated carbocycles. The standard InChI is InChI=1S/C19H27N5O.HI/c1-14(18-11-15-5-3-4-6-17(15)25-18)22-19(20-2)21-12-16-13-23-7-9-24(16)10-8-23;/h3-6,11,14,16H,7-10,12-13H2,1-2H3,(H2,20,21,22);1H. The van der Waals surface area contributed by atoms with Crippen molar-refractivity contribution in [2.75, 3.05) is 46.3 Å². The highest BCUT2D eigenvalue weighted by Gasteiger charge is 2.31. The van der Waals surface area contributed by atoms with Gasteiger partial charge in [0.2, 0.25) is 0 Å². The zero-order chi connectivity index (χ0) is 17.2. The minimum Gasteiger partial charge on any atom is -0.459 e. The van der Waals surface area contributed by atoms with Crippen LogP contribution in [0.5, 0.6) is 0 Å². The van der Waals surface area contributed by atoms with E-state index in [0.717, 1.165) is 35.8 Å². The van der Waals surface area contributed by atoms with E-state index < -0.39 is 0 Å². The fourth-order valence-electron chi connectivity index (χ4n) is 3.82. The first-order valence-corrected chi connectivity index (χ1v) is 9.15. The molecule has 3 aliphatic rings. The van der Waals surface area contributed by atoms with Crippen molar-refractivity contribution in [2.24, 2.45) is 4.99 Å². The van der Waals surface area contributed by atoms with Crippen molar-refractivity contribution >= 4 is 40.9 Å². The molecule has 1 aromatic heterocycles. The summed E-state index contributed by atoms with van der Waals surface area (Å²) in [5, 5.41) is 8.06. The Morgan fingerprint density at radius 2 is 2.04 bits per heavy atom. The van der Waals surface area contributed by atoms with Gasteiger partial charge in [-0.15, -0.1) is 24.0 Å². The van der Waals surface area contributed by atoms with Crippen LogP contribution in [-0.4, -0.2) is 68.1 Å². The van der Waals surface area contributed by atoms with Crippen LogP contribution in [-0.2, 0) is 0 Å². The maximum absolute atomic E-state index is 5.95. The predicted octanol–water partition coefficient (Wildman–Crippen LogP) is 2.28. The number of furan rings is 1. The van der Waals surface area contributed by atoms with Gasteiger partial charge in [0.15, 0.2) is 5.96 Å². The number of para-hydroxylation sites is 1. The highest BCUT2D eigenvalue weighted by molar-refractivity contribution is 14.0. The summed E-state index contributed by atoms with van der Waals surface area (Å²) in [5.74, 6) is 1.75. The van der Waals surface area contributed by atoms with Crippen molar-refractivity contribution in [1.29, 1.82) is 0 Å². The Balaban J connectivity index is 0.00000196. The Morgan fingerprint density at radius 1 is 1.27 bits per heavy atom. The molecule has 1 aromatic carbocycles. The smallest absolute Gasteiger partial charge is 0.191 e. The van der Waals surface area contributed by atoms with Crippen LogP contribution in [0.4, 0.5) is 0 Å². The van der Waals surface area contributed by atoms with Crippen LogP contribution in [0.15, 0.2) is 39.7 Å². The Bertz CT molecular complexity index is 720. The number of fused-ring (bicyclic) bond motifs is 4. The van der Waals surface area contributed by atoms with Gasteiger partial charge in [0.25, 0.3) is 0 Å². The summed E-state index contributed by atoms with van der Waals surface area (Å²) in [6.07, 6.45) is 0. The number of aliphatic imine (C=N–C) groups is 1. The second-order valence-corrected chi connectivity index (χ2v) is 7.00.